The molecule has 0 saturated heterocycles. The van der Waals surface area contributed by atoms with Crippen molar-refractivity contribution in [3.8, 4) is 16.9 Å². The summed E-state index contributed by atoms with van der Waals surface area (Å²) >= 11 is 0. The molecular formula is C31H30F6O3. The Morgan fingerprint density at radius 3 is 2.10 bits per heavy atom. The van der Waals surface area contributed by atoms with Gasteiger partial charge in [0.05, 0.1) is 25.4 Å². The first-order chi connectivity index (χ1) is 19.2. The van der Waals surface area contributed by atoms with Crippen LogP contribution in [0, 0.1) is 34.9 Å². The fraction of sp³-hybridized carbons (Fsp3) is 0.355. The van der Waals surface area contributed by atoms with E-state index in [2.05, 4.69) is 0 Å². The zero-order chi connectivity index (χ0) is 29.0. The summed E-state index contributed by atoms with van der Waals surface area (Å²) in [5.41, 5.74) is -0.397. The van der Waals surface area contributed by atoms with Crippen LogP contribution in [0.4, 0.5) is 26.3 Å². The predicted octanol–water partition coefficient (Wildman–Crippen LogP) is 8.57. The van der Waals surface area contributed by atoms with Crippen LogP contribution in [0.25, 0.3) is 16.7 Å². The zero-order valence-corrected chi connectivity index (χ0v) is 22.2. The lowest BCUT2D eigenvalue weighted by atomic mass is 9.90. The fourth-order valence-electron chi connectivity index (χ4n) is 4.83. The van der Waals surface area contributed by atoms with Gasteiger partial charge in [-0.1, -0.05) is 43.7 Å². The maximum Gasteiger partial charge on any atom is 0.201 e. The molecule has 4 rings (SSSR count). The number of allylic oxidation sites excluding steroid dienone is 1. The molecule has 0 heterocycles. The minimum atomic E-state index is -1.34. The van der Waals surface area contributed by atoms with E-state index in [0.717, 1.165) is 12.1 Å². The Morgan fingerprint density at radius 1 is 0.800 bits per heavy atom. The molecular weight excluding hydrogens is 534 g/mol. The first kappa shape index (κ1) is 29.7. The number of halogens is 6. The van der Waals surface area contributed by atoms with Crippen LogP contribution in [0.1, 0.15) is 68.7 Å². The normalized spacial score (nSPS) is 16.1. The maximum absolute atomic E-state index is 15.1. The maximum atomic E-state index is 15.1. The minimum absolute atomic E-state index is 0.000794. The summed E-state index contributed by atoms with van der Waals surface area (Å²) in [4.78, 5) is 0. The molecule has 2 unspecified atom stereocenters. The highest BCUT2D eigenvalue weighted by Gasteiger charge is 2.25. The van der Waals surface area contributed by atoms with Gasteiger partial charge >= 0.3 is 0 Å². The molecule has 0 aliphatic heterocycles. The van der Waals surface area contributed by atoms with Crippen molar-refractivity contribution in [1.29, 1.82) is 0 Å². The van der Waals surface area contributed by atoms with Crippen molar-refractivity contribution >= 4 is 5.57 Å². The number of ether oxygens (including phenoxy) is 2. The van der Waals surface area contributed by atoms with Gasteiger partial charge in [-0.05, 0) is 50.3 Å². The van der Waals surface area contributed by atoms with Crippen LogP contribution in [-0.2, 0) is 11.3 Å². The van der Waals surface area contributed by atoms with Gasteiger partial charge in [-0.3, -0.25) is 0 Å². The lowest BCUT2D eigenvalue weighted by Crippen LogP contribution is -2.17. The topological polar surface area (TPSA) is 38.7 Å². The third-order valence-corrected chi connectivity index (χ3v) is 7.02. The van der Waals surface area contributed by atoms with E-state index in [4.69, 9.17) is 9.47 Å². The average Bonchev–Trinajstić information content (AvgIpc) is 2.94. The molecule has 40 heavy (non-hydrogen) atoms. The Hall–Kier alpha value is -3.30. The highest BCUT2D eigenvalue weighted by atomic mass is 19.2. The summed E-state index contributed by atoms with van der Waals surface area (Å²) in [6.45, 7) is 3.36. The van der Waals surface area contributed by atoms with Gasteiger partial charge in [-0.25, -0.2) is 22.0 Å². The van der Waals surface area contributed by atoms with E-state index in [-0.39, 0.29) is 41.8 Å². The quantitative estimate of drug-likeness (QED) is 0.251. The molecule has 0 fully saturated rings. The van der Waals surface area contributed by atoms with Crippen molar-refractivity contribution < 1.29 is 40.9 Å². The van der Waals surface area contributed by atoms with Crippen LogP contribution in [0.2, 0.25) is 0 Å². The molecule has 0 bridgehead atoms. The van der Waals surface area contributed by atoms with Gasteiger partial charge in [0.15, 0.2) is 34.8 Å². The summed E-state index contributed by atoms with van der Waals surface area (Å²) in [5, 5.41) is 10.00. The number of aliphatic hydroxyl groups excluding tert-OH is 1. The third-order valence-electron chi connectivity index (χ3n) is 7.02. The molecule has 0 saturated carbocycles. The lowest BCUT2D eigenvalue weighted by Gasteiger charge is -2.23. The third kappa shape index (κ3) is 6.05. The first-order valence-electron chi connectivity index (χ1n) is 13.2. The van der Waals surface area contributed by atoms with Gasteiger partial charge in [0.25, 0.3) is 0 Å². The van der Waals surface area contributed by atoms with E-state index >= 15 is 8.78 Å². The molecule has 3 nitrogen and oxygen atoms in total. The molecule has 9 heteroatoms. The fourth-order valence-corrected chi connectivity index (χ4v) is 4.83. The largest absolute Gasteiger partial charge is 0.491 e. The number of hydrogen-bond acceptors (Lipinski definition) is 3. The Kier molecular flexibility index (Phi) is 9.58. The molecule has 0 radical (unpaired) electrons. The second-order valence-corrected chi connectivity index (χ2v) is 9.64. The SMILES string of the molecule is CCCC(O)c1ccc(COC2CC=C(c3ccc(-c4ccc(OCC)c(F)c4F)c(F)c3F)CC2)c(F)c1F. The van der Waals surface area contributed by atoms with Crippen LogP contribution in [0.15, 0.2) is 42.5 Å². The summed E-state index contributed by atoms with van der Waals surface area (Å²) in [6, 6.07) is 7.56. The van der Waals surface area contributed by atoms with Crippen molar-refractivity contribution in [1.82, 2.24) is 0 Å². The van der Waals surface area contributed by atoms with Crippen LogP contribution in [0.5, 0.6) is 5.75 Å². The Balaban J connectivity index is 1.45. The number of benzene rings is 3. The van der Waals surface area contributed by atoms with E-state index in [1.807, 2.05) is 6.92 Å². The second-order valence-electron chi connectivity index (χ2n) is 9.64. The first-order valence-corrected chi connectivity index (χ1v) is 13.2. The lowest BCUT2D eigenvalue weighted by molar-refractivity contribution is 0.0341. The van der Waals surface area contributed by atoms with Gasteiger partial charge in [-0.2, -0.15) is 4.39 Å². The zero-order valence-electron chi connectivity index (χ0n) is 22.2. The molecule has 1 aliphatic carbocycles. The molecule has 0 amide bonds. The number of hydrogen-bond donors (Lipinski definition) is 1. The summed E-state index contributed by atoms with van der Waals surface area (Å²) < 4.78 is 98.7. The number of rotatable bonds is 10. The second kappa shape index (κ2) is 12.9. The minimum Gasteiger partial charge on any atom is -0.491 e. The van der Waals surface area contributed by atoms with Gasteiger partial charge in [0.1, 0.15) is 0 Å². The molecule has 2 atom stereocenters. The van der Waals surface area contributed by atoms with Crippen molar-refractivity contribution in [2.45, 2.75) is 64.8 Å². The van der Waals surface area contributed by atoms with Crippen LogP contribution in [0.3, 0.4) is 0 Å². The van der Waals surface area contributed by atoms with Crippen molar-refractivity contribution in [2.75, 3.05) is 6.61 Å². The van der Waals surface area contributed by atoms with Crippen molar-refractivity contribution in [3.63, 3.8) is 0 Å². The van der Waals surface area contributed by atoms with E-state index in [1.165, 1.54) is 24.3 Å². The van der Waals surface area contributed by atoms with Gasteiger partial charge < -0.3 is 14.6 Å². The monoisotopic (exact) mass is 564 g/mol. The Morgan fingerprint density at radius 2 is 1.45 bits per heavy atom. The van der Waals surface area contributed by atoms with Crippen LogP contribution < -0.4 is 4.74 Å². The van der Waals surface area contributed by atoms with Crippen LogP contribution >= 0.6 is 0 Å². The highest BCUT2D eigenvalue weighted by Crippen LogP contribution is 2.37. The van der Waals surface area contributed by atoms with E-state index in [0.29, 0.717) is 37.7 Å². The summed E-state index contributed by atoms with van der Waals surface area (Å²) in [5.74, 6) is -7.58. The van der Waals surface area contributed by atoms with E-state index in [1.54, 1.807) is 13.0 Å². The molecule has 1 N–H and O–H groups in total. The summed E-state index contributed by atoms with van der Waals surface area (Å²) in [7, 11) is 0. The van der Waals surface area contributed by atoms with Gasteiger partial charge in [-0.15, -0.1) is 0 Å². The van der Waals surface area contributed by atoms with Gasteiger partial charge in [0, 0.05) is 27.8 Å². The molecule has 3 aromatic rings. The highest BCUT2D eigenvalue weighted by molar-refractivity contribution is 5.72. The molecule has 214 valence electrons. The molecule has 0 spiro atoms. The van der Waals surface area contributed by atoms with E-state index in [9.17, 15) is 22.7 Å². The molecule has 3 aromatic carbocycles. The van der Waals surface area contributed by atoms with Crippen LogP contribution in [-0.4, -0.2) is 17.8 Å². The average molecular weight is 565 g/mol. The standard InChI is InChI=1S/C31H30F6O3/c1-3-5-24(38)23-11-8-18(26(32)30(23)36)16-40-19-9-6-17(7-10-19)20-12-13-21(28(34)27(20)33)22-14-15-25(39-4-2)31(37)29(22)35/h6,8,11-15,19,24,38H,3-5,7,9-10,16H2,1-2H3. The predicted molar refractivity (Wildman–Crippen MR) is 140 cm³/mol. The van der Waals surface area contributed by atoms with Crippen molar-refractivity contribution in [2.24, 2.45) is 0 Å². The van der Waals surface area contributed by atoms with Crippen molar-refractivity contribution in [3.05, 3.63) is 94.1 Å². The Labute approximate surface area is 229 Å². The molecule has 0 aromatic heterocycles. The Bertz CT molecular complexity index is 1400. The summed E-state index contributed by atoms with van der Waals surface area (Å²) in [6.07, 6.45) is 2.25. The molecule has 1 aliphatic rings. The number of aliphatic hydroxyl groups is 1. The van der Waals surface area contributed by atoms with Gasteiger partial charge in [0.2, 0.25) is 5.82 Å². The smallest absolute Gasteiger partial charge is 0.201 e. The van der Waals surface area contributed by atoms with E-state index < -0.39 is 52.1 Å².